The molecule has 0 bridgehead atoms. The zero-order chi connectivity index (χ0) is 12.9. The third kappa shape index (κ3) is 5.92. The van der Waals surface area contributed by atoms with Gasteiger partial charge in [0.25, 0.3) is 0 Å². The first-order valence-electron chi connectivity index (χ1n) is 5.18. The minimum atomic E-state index is -2.98. The van der Waals surface area contributed by atoms with Crippen molar-refractivity contribution in [1.82, 2.24) is 5.32 Å². The largest absolute Gasteiger partial charge is 0.481 e. The van der Waals surface area contributed by atoms with E-state index in [2.05, 4.69) is 5.32 Å². The van der Waals surface area contributed by atoms with Crippen LogP contribution in [0.5, 0.6) is 0 Å². The molecular formula is C9H15NO5S2. The number of sulfone groups is 1. The Labute approximate surface area is 104 Å². The summed E-state index contributed by atoms with van der Waals surface area (Å²) >= 11 is 1.23. The van der Waals surface area contributed by atoms with Crippen LogP contribution in [0.2, 0.25) is 0 Å². The third-order valence-electron chi connectivity index (χ3n) is 2.29. The predicted octanol–water partition coefficient (Wildman–Crippen LogP) is -0.502. The van der Waals surface area contributed by atoms with Crippen molar-refractivity contribution in [3.63, 3.8) is 0 Å². The van der Waals surface area contributed by atoms with E-state index in [0.29, 0.717) is 12.2 Å². The molecule has 0 aromatic rings. The van der Waals surface area contributed by atoms with Gasteiger partial charge in [0.2, 0.25) is 5.91 Å². The summed E-state index contributed by atoms with van der Waals surface area (Å²) in [5, 5.41) is 11.0. The fraction of sp³-hybridized carbons (Fsp3) is 0.778. The molecule has 1 fully saturated rings. The monoisotopic (exact) mass is 281 g/mol. The Balaban J connectivity index is 2.16. The molecular weight excluding hydrogens is 266 g/mol. The Hall–Kier alpha value is -0.760. The number of amides is 1. The average Bonchev–Trinajstić information content (AvgIpc) is 2.52. The summed E-state index contributed by atoms with van der Waals surface area (Å²) in [4.78, 5) is 21.6. The molecule has 17 heavy (non-hydrogen) atoms. The molecule has 0 radical (unpaired) electrons. The lowest BCUT2D eigenvalue weighted by molar-refractivity contribution is -0.136. The number of nitrogens with one attached hydrogen (secondary N) is 1. The maximum atomic E-state index is 11.4. The lowest BCUT2D eigenvalue weighted by Crippen LogP contribution is -2.36. The van der Waals surface area contributed by atoms with Crippen LogP contribution in [0.3, 0.4) is 0 Å². The molecule has 1 rings (SSSR count). The second kappa shape index (κ2) is 6.25. The summed E-state index contributed by atoms with van der Waals surface area (Å²) in [5.41, 5.74) is 0. The first-order chi connectivity index (χ1) is 7.89. The van der Waals surface area contributed by atoms with Crippen LogP contribution in [0.1, 0.15) is 12.8 Å². The lowest BCUT2D eigenvalue weighted by atomic mass is 10.3. The Morgan fingerprint density at radius 1 is 1.41 bits per heavy atom. The molecule has 1 heterocycles. The van der Waals surface area contributed by atoms with Crippen LogP contribution in [0.4, 0.5) is 0 Å². The molecule has 1 atom stereocenters. The Morgan fingerprint density at radius 3 is 2.65 bits per heavy atom. The molecule has 0 saturated carbocycles. The van der Waals surface area contributed by atoms with Gasteiger partial charge < -0.3 is 10.4 Å². The second-order valence-electron chi connectivity index (χ2n) is 3.86. The highest BCUT2D eigenvalue weighted by atomic mass is 32.2. The van der Waals surface area contributed by atoms with Crippen LogP contribution >= 0.6 is 11.8 Å². The summed E-state index contributed by atoms with van der Waals surface area (Å²) in [5.74, 6) is -0.430. The minimum absolute atomic E-state index is 0.0124. The molecule has 0 aromatic heterocycles. The highest BCUT2D eigenvalue weighted by Crippen LogP contribution is 2.11. The van der Waals surface area contributed by atoms with E-state index in [9.17, 15) is 18.0 Å². The fourth-order valence-corrected chi connectivity index (χ4v) is 3.91. The summed E-state index contributed by atoms with van der Waals surface area (Å²) in [6.45, 7) is 0. The third-order valence-corrected chi connectivity index (χ3v) is 5.02. The van der Waals surface area contributed by atoms with Crippen LogP contribution in [-0.2, 0) is 19.4 Å². The van der Waals surface area contributed by atoms with E-state index in [0.717, 1.165) is 0 Å². The number of hydrogen-bond donors (Lipinski definition) is 2. The van der Waals surface area contributed by atoms with Gasteiger partial charge in [0.15, 0.2) is 9.84 Å². The van der Waals surface area contributed by atoms with Gasteiger partial charge >= 0.3 is 5.97 Å². The van der Waals surface area contributed by atoms with Crippen molar-refractivity contribution in [2.45, 2.75) is 18.9 Å². The number of aliphatic carboxylic acids is 1. The van der Waals surface area contributed by atoms with Crippen molar-refractivity contribution in [1.29, 1.82) is 0 Å². The van der Waals surface area contributed by atoms with Gasteiger partial charge in [-0.25, -0.2) is 8.42 Å². The van der Waals surface area contributed by atoms with Crippen molar-refractivity contribution >= 4 is 33.5 Å². The van der Waals surface area contributed by atoms with Crippen LogP contribution in [0, 0.1) is 0 Å². The smallest absolute Gasteiger partial charge is 0.304 e. The van der Waals surface area contributed by atoms with E-state index in [1.807, 2.05) is 0 Å². The molecule has 0 spiro atoms. The quantitative estimate of drug-likeness (QED) is 0.636. The van der Waals surface area contributed by atoms with E-state index in [-0.39, 0.29) is 35.6 Å². The standard InChI is InChI=1S/C9H15NO5S2/c11-8(5-16-3-1-9(12)13)10-7-2-4-17(14,15)6-7/h7H,1-6H2,(H,10,11)(H,12,13). The molecule has 98 valence electrons. The van der Waals surface area contributed by atoms with Gasteiger partial charge in [-0.3, -0.25) is 9.59 Å². The maximum Gasteiger partial charge on any atom is 0.304 e. The second-order valence-corrected chi connectivity index (χ2v) is 7.20. The van der Waals surface area contributed by atoms with Crippen molar-refractivity contribution < 1.29 is 23.1 Å². The topological polar surface area (TPSA) is 101 Å². The molecule has 0 aliphatic carbocycles. The fourth-order valence-electron chi connectivity index (χ4n) is 1.50. The zero-order valence-corrected chi connectivity index (χ0v) is 10.8. The number of carboxylic acids is 1. The Bertz CT molecular complexity index is 392. The Kier molecular flexibility index (Phi) is 5.26. The number of thioether (sulfide) groups is 1. The van der Waals surface area contributed by atoms with Gasteiger partial charge in [0, 0.05) is 11.8 Å². The molecule has 8 heteroatoms. The summed E-state index contributed by atoms with van der Waals surface area (Å²) in [6, 6.07) is -0.285. The van der Waals surface area contributed by atoms with Gasteiger partial charge in [-0.1, -0.05) is 0 Å². The predicted molar refractivity (Wildman–Crippen MR) is 64.8 cm³/mol. The number of rotatable bonds is 6. The molecule has 1 aliphatic heterocycles. The molecule has 0 aromatic carbocycles. The van der Waals surface area contributed by atoms with Crippen LogP contribution in [0.15, 0.2) is 0 Å². The molecule has 1 unspecified atom stereocenters. The molecule has 2 N–H and O–H groups in total. The van der Waals surface area contributed by atoms with E-state index in [4.69, 9.17) is 5.11 Å². The number of carbonyl (C=O) groups excluding carboxylic acids is 1. The number of hydrogen-bond acceptors (Lipinski definition) is 5. The van der Waals surface area contributed by atoms with Crippen molar-refractivity contribution in [2.24, 2.45) is 0 Å². The van der Waals surface area contributed by atoms with Gasteiger partial charge in [-0.15, -0.1) is 0 Å². The summed E-state index contributed by atoms with van der Waals surface area (Å²) < 4.78 is 22.3. The first-order valence-corrected chi connectivity index (χ1v) is 8.16. The van der Waals surface area contributed by atoms with Gasteiger partial charge in [0.1, 0.15) is 0 Å². The first kappa shape index (κ1) is 14.3. The highest BCUT2D eigenvalue weighted by Gasteiger charge is 2.28. The SMILES string of the molecule is O=C(O)CCSCC(=O)NC1CCS(=O)(=O)C1. The van der Waals surface area contributed by atoms with Gasteiger partial charge in [0.05, 0.1) is 23.7 Å². The number of carbonyl (C=O) groups is 2. The maximum absolute atomic E-state index is 11.4. The zero-order valence-electron chi connectivity index (χ0n) is 9.22. The van der Waals surface area contributed by atoms with Crippen LogP contribution < -0.4 is 5.32 Å². The van der Waals surface area contributed by atoms with Crippen molar-refractivity contribution in [3.05, 3.63) is 0 Å². The minimum Gasteiger partial charge on any atom is -0.481 e. The van der Waals surface area contributed by atoms with E-state index < -0.39 is 15.8 Å². The van der Waals surface area contributed by atoms with Crippen molar-refractivity contribution in [2.75, 3.05) is 23.0 Å². The molecule has 1 amide bonds. The Morgan fingerprint density at radius 2 is 2.12 bits per heavy atom. The highest BCUT2D eigenvalue weighted by molar-refractivity contribution is 7.99. The molecule has 1 aliphatic rings. The summed E-state index contributed by atoms with van der Waals surface area (Å²) in [6.07, 6.45) is 0.490. The van der Waals surface area contributed by atoms with E-state index >= 15 is 0 Å². The normalized spacial score (nSPS) is 22.2. The summed E-state index contributed by atoms with van der Waals surface area (Å²) in [7, 11) is -2.98. The average molecular weight is 281 g/mol. The van der Waals surface area contributed by atoms with Crippen LogP contribution in [0.25, 0.3) is 0 Å². The van der Waals surface area contributed by atoms with E-state index in [1.54, 1.807) is 0 Å². The molecule has 6 nitrogen and oxygen atoms in total. The number of carboxylic acid groups (broad SMARTS) is 1. The van der Waals surface area contributed by atoms with Gasteiger partial charge in [-0.2, -0.15) is 11.8 Å². The van der Waals surface area contributed by atoms with Crippen LogP contribution in [-0.4, -0.2) is 54.5 Å². The molecule has 1 saturated heterocycles. The van der Waals surface area contributed by atoms with Gasteiger partial charge in [-0.05, 0) is 6.42 Å². The van der Waals surface area contributed by atoms with E-state index in [1.165, 1.54) is 11.8 Å². The lowest BCUT2D eigenvalue weighted by Gasteiger charge is -2.10. The van der Waals surface area contributed by atoms with Crippen molar-refractivity contribution in [3.8, 4) is 0 Å².